The quantitative estimate of drug-likeness (QED) is 0.221. The molecule has 1 atom stereocenters. The van der Waals surface area contributed by atoms with Crippen LogP contribution >= 0.6 is 11.6 Å². The van der Waals surface area contributed by atoms with Gasteiger partial charge in [-0.15, -0.1) is 0 Å². The molecule has 0 spiro atoms. The Morgan fingerprint density at radius 1 is 1.18 bits per heavy atom. The lowest BCUT2D eigenvalue weighted by Gasteiger charge is -2.16. The highest BCUT2D eigenvalue weighted by Gasteiger charge is 2.26. The fraction of sp³-hybridized carbons (Fsp3) is 0.182. The maximum Gasteiger partial charge on any atom is 0.339 e. The summed E-state index contributed by atoms with van der Waals surface area (Å²) in [6.07, 6.45) is -0.997. The van der Waals surface area contributed by atoms with Crippen molar-refractivity contribution in [3.05, 3.63) is 86.1 Å². The monoisotopic (exact) mass is 471 g/mol. The normalized spacial score (nSPS) is 11.5. The molecule has 0 bridgehead atoms. The molecule has 3 rings (SSSR count). The van der Waals surface area contributed by atoms with Crippen LogP contribution in [0.2, 0.25) is 5.02 Å². The van der Waals surface area contributed by atoms with E-state index in [9.17, 15) is 24.5 Å². The van der Waals surface area contributed by atoms with Gasteiger partial charge in [-0.2, -0.15) is 0 Å². The van der Waals surface area contributed by atoms with E-state index in [-0.39, 0.29) is 34.0 Å². The number of aryl methyl sites for hydroxylation is 1. The van der Waals surface area contributed by atoms with Gasteiger partial charge < -0.3 is 14.6 Å². The zero-order chi connectivity index (χ0) is 24.1. The fourth-order valence-corrected chi connectivity index (χ4v) is 3.14. The van der Waals surface area contributed by atoms with Crippen LogP contribution < -0.4 is 5.32 Å². The summed E-state index contributed by atoms with van der Waals surface area (Å²) >= 11 is 5.81. The number of esters is 1. The molecule has 1 unspecified atom stereocenters. The Morgan fingerprint density at radius 2 is 1.88 bits per heavy atom. The number of carbonyl (C=O) groups excluding carboxylic acids is 3. The number of carbonyl (C=O) groups is 3. The Hall–Kier alpha value is -4.05. The average Bonchev–Trinajstić information content (AvgIpc) is 3.21. The van der Waals surface area contributed by atoms with Gasteiger partial charge in [0.25, 0.3) is 11.6 Å². The number of hydrogen-bond donors (Lipinski definition) is 1. The van der Waals surface area contributed by atoms with E-state index in [4.69, 9.17) is 20.9 Å². The lowest BCUT2D eigenvalue weighted by molar-refractivity contribution is -0.384. The molecule has 170 valence electrons. The van der Waals surface area contributed by atoms with Crippen molar-refractivity contribution in [3.8, 4) is 0 Å². The first kappa shape index (κ1) is 23.6. The van der Waals surface area contributed by atoms with Gasteiger partial charge in [-0.05, 0) is 31.5 Å². The highest BCUT2D eigenvalue weighted by atomic mass is 35.5. The Bertz CT molecular complexity index is 1240. The molecule has 33 heavy (non-hydrogen) atoms. The Labute approximate surface area is 192 Å². The van der Waals surface area contributed by atoms with Gasteiger partial charge in [0.2, 0.25) is 0 Å². The fourth-order valence-electron chi connectivity index (χ4n) is 2.96. The number of nitrogens with zero attached hydrogens (tertiary/aromatic N) is 2. The average molecular weight is 472 g/mol. The van der Waals surface area contributed by atoms with Crippen molar-refractivity contribution in [2.45, 2.75) is 26.4 Å². The number of aromatic nitrogens is 1. The van der Waals surface area contributed by atoms with Crippen molar-refractivity contribution in [1.82, 2.24) is 5.16 Å². The van der Waals surface area contributed by atoms with E-state index in [0.717, 1.165) is 6.07 Å². The van der Waals surface area contributed by atoms with Crippen molar-refractivity contribution < 1.29 is 28.6 Å². The van der Waals surface area contributed by atoms with Gasteiger partial charge in [-0.3, -0.25) is 19.7 Å². The summed E-state index contributed by atoms with van der Waals surface area (Å²) in [7, 11) is 0. The third-order valence-electron chi connectivity index (χ3n) is 4.59. The van der Waals surface area contributed by atoms with Gasteiger partial charge in [-0.25, -0.2) is 4.79 Å². The minimum absolute atomic E-state index is 0.0301. The van der Waals surface area contributed by atoms with E-state index < -0.39 is 34.4 Å². The molecule has 0 aliphatic carbocycles. The van der Waals surface area contributed by atoms with E-state index >= 15 is 0 Å². The van der Waals surface area contributed by atoms with Crippen LogP contribution in [0.25, 0.3) is 0 Å². The first-order valence-electron chi connectivity index (χ1n) is 9.74. The number of anilines is 1. The van der Waals surface area contributed by atoms with E-state index in [1.54, 1.807) is 13.8 Å². The summed E-state index contributed by atoms with van der Waals surface area (Å²) in [5.74, 6) is -1.49. The van der Waals surface area contributed by atoms with Gasteiger partial charge in [0.1, 0.15) is 10.8 Å². The molecule has 0 fully saturated rings. The number of halogens is 1. The molecule has 1 N–H and O–H groups in total. The zero-order valence-corrected chi connectivity index (χ0v) is 18.3. The molecule has 10 nitrogen and oxygen atoms in total. The van der Waals surface area contributed by atoms with Gasteiger partial charge in [0.05, 0.1) is 10.5 Å². The summed E-state index contributed by atoms with van der Waals surface area (Å²) in [5.41, 5.74) is -0.601. The standard InChI is InChI=1S/C22H18ClN3O7/c1-3-18(21(28)24-19-10-12(2)33-25-19)32-22(29)15-7-5-4-6-14(15)20(27)13-8-9-16(23)17(11-13)26(30)31/h4-11,18H,3H2,1-2H3,(H,24,25,28). The molecule has 0 radical (unpaired) electrons. The molecule has 0 aliphatic rings. The molecule has 11 heteroatoms. The summed E-state index contributed by atoms with van der Waals surface area (Å²) in [6.45, 7) is 3.30. The smallest absolute Gasteiger partial charge is 0.339 e. The SMILES string of the molecule is CCC(OC(=O)c1ccccc1C(=O)c1ccc(Cl)c([N+](=O)[O-])c1)C(=O)Nc1cc(C)on1. The summed E-state index contributed by atoms with van der Waals surface area (Å²) < 4.78 is 10.2. The molecule has 0 aliphatic heterocycles. The van der Waals surface area contributed by atoms with Crippen LogP contribution in [0.3, 0.4) is 0 Å². The number of hydrogen-bond acceptors (Lipinski definition) is 8. The van der Waals surface area contributed by atoms with Gasteiger partial charge in [0, 0.05) is 23.3 Å². The van der Waals surface area contributed by atoms with Crippen molar-refractivity contribution >= 4 is 40.8 Å². The lowest BCUT2D eigenvalue weighted by atomic mass is 9.98. The number of rotatable bonds is 8. The van der Waals surface area contributed by atoms with Gasteiger partial charge in [0.15, 0.2) is 17.7 Å². The van der Waals surface area contributed by atoms with Crippen LogP contribution in [0, 0.1) is 17.0 Å². The summed E-state index contributed by atoms with van der Waals surface area (Å²) in [4.78, 5) is 48.8. The van der Waals surface area contributed by atoms with Crippen molar-refractivity contribution in [3.63, 3.8) is 0 Å². The van der Waals surface area contributed by atoms with Crippen molar-refractivity contribution in [2.75, 3.05) is 5.32 Å². The topological polar surface area (TPSA) is 142 Å². The Balaban J connectivity index is 1.83. The maximum absolute atomic E-state index is 13.0. The predicted molar refractivity (Wildman–Crippen MR) is 117 cm³/mol. The number of benzene rings is 2. The second-order valence-electron chi connectivity index (χ2n) is 6.91. The summed E-state index contributed by atoms with van der Waals surface area (Å²) in [6, 6.07) is 10.9. The third kappa shape index (κ3) is 5.42. The second kappa shape index (κ2) is 10.0. The minimum atomic E-state index is -1.16. The second-order valence-corrected chi connectivity index (χ2v) is 7.32. The first-order chi connectivity index (χ1) is 15.7. The number of ether oxygens (including phenoxy) is 1. The van der Waals surface area contributed by atoms with Crippen LogP contribution in [0.15, 0.2) is 53.1 Å². The molecule has 1 amide bonds. The maximum atomic E-state index is 13.0. The number of nitro benzene ring substituents is 1. The predicted octanol–water partition coefficient (Wildman–Crippen LogP) is 4.35. The van der Waals surface area contributed by atoms with Crippen LogP contribution in [-0.4, -0.2) is 33.8 Å². The molecule has 0 saturated heterocycles. The van der Waals surface area contributed by atoms with Crippen LogP contribution in [0.4, 0.5) is 11.5 Å². The van der Waals surface area contributed by atoms with E-state index in [1.165, 1.54) is 42.5 Å². The Morgan fingerprint density at radius 3 is 2.48 bits per heavy atom. The van der Waals surface area contributed by atoms with Crippen molar-refractivity contribution in [1.29, 1.82) is 0 Å². The number of nitrogens with one attached hydrogen (secondary N) is 1. The van der Waals surface area contributed by atoms with E-state index in [0.29, 0.717) is 5.76 Å². The number of amides is 1. The third-order valence-corrected chi connectivity index (χ3v) is 4.91. The summed E-state index contributed by atoms with van der Waals surface area (Å²) in [5, 5.41) is 17.2. The number of nitro groups is 1. The highest BCUT2D eigenvalue weighted by molar-refractivity contribution is 6.33. The van der Waals surface area contributed by atoms with E-state index in [1.807, 2.05) is 0 Å². The molecule has 1 heterocycles. The molecule has 3 aromatic rings. The van der Waals surface area contributed by atoms with Crippen LogP contribution in [0.5, 0.6) is 0 Å². The zero-order valence-electron chi connectivity index (χ0n) is 17.5. The first-order valence-corrected chi connectivity index (χ1v) is 10.1. The highest BCUT2D eigenvalue weighted by Crippen LogP contribution is 2.27. The minimum Gasteiger partial charge on any atom is -0.449 e. The lowest BCUT2D eigenvalue weighted by Crippen LogP contribution is -2.32. The van der Waals surface area contributed by atoms with Crippen LogP contribution in [0.1, 0.15) is 45.4 Å². The number of ketones is 1. The van der Waals surface area contributed by atoms with Gasteiger partial charge in [-0.1, -0.05) is 41.9 Å². The van der Waals surface area contributed by atoms with Gasteiger partial charge >= 0.3 is 5.97 Å². The molecular formula is C22H18ClN3O7. The van der Waals surface area contributed by atoms with Crippen LogP contribution in [-0.2, 0) is 9.53 Å². The molecular weight excluding hydrogens is 454 g/mol. The largest absolute Gasteiger partial charge is 0.449 e. The van der Waals surface area contributed by atoms with E-state index in [2.05, 4.69) is 10.5 Å². The van der Waals surface area contributed by atoms with Crippen molar-refractivity contribution in [2.24, 2.45) is 0 Å². The molecule has 2 aromatic carbocycles. The molecule has 1 aromatic heterocycles. The Kier molecular flexibility index (Phi) is 7.19. The molecule has 0 saturated carbocycles.